The van der Waals surface area contributed by atoms with Gasteiger partial charge in [0, 0.05) is 57.4 Å². The Balaban J connectivity index is 0.910. The molecule has 2 heterocycles. The second-order valence-corrected chi connectivity index (χ2v) is 17.8. The predicted octanol–water partition coefficient (Wildman–Crippen LogP) is 17.7. The fraction of sp³-hybridized carbons (Fsp3) is 0. The number of nitrogens with zero attached hydrogens (tertiary/aromatic N) is 1. The minimum atomic E-state index is 1.10. The first-order valence-electron chi connectivity index (χ1n) is 20.7. The average Bonchev–Trinajstić information content (AvgIpc) is 3.91. The van der Waals surface area contributed by atoms with Gasteiger partial charge < -0.3 is 4.90 Å². The number of benzene rings is 10. The summed E-state index contributed by atoms with van der Waals surface area (Å²) < 4.78 is 5.30. The van der Waals surface area contributed by atoms with E-state index < -0.39 is 0 Å². The molecule has 1 nitrogen and oxygen atoms in total. The lowest BCUT2D eigenvalue weighted by atomic mass is 9.97. The molecule has 10 aromatic carbocycles. The zero-order valence-corrected chi connectivity index (χ0v) is 34.8. The minimum Gasteiger partial charge on any atom is -0.311 e. The summed E-state index contributed by atoms with van der Waals surface area (Å²) in [6, 6.07) is 82.4. The van der Waals surface area contributed by atoms with E-state index in [1.807, 2.05) is 22.7 Å². The number of anilines is 3. The van der Waals surface area contributed by atoms with E-state index in [0.29, 0.717) is 0 Å². The molecule has 286 valence electrons. The van der Waals surface area contributed by atoms with Crippen LogP contribution in [0.1, 0.15) is 0 Å². The van der Waals surface area contributed by atoms with Crippen LogP contribution in [-0.2, 0) is 0 Å². The third-order valence-corrected chi connectivity index (χ3v) is 14.4. The fourth-order valence-electron chi connectivity index (χ4n) is 8.97. The maximum Gasteiger partial charge on any atom is 0.0462 e. The van der Waals surface area contributed by atoms with Crippen molar-refractivity contribution in [2.75, 3.05) is 4.90 Å². The highest BCUT2D eigenvalue weighted by Gasteiger charge is 2.16. The molecule has 0 unspecified atom stereocenters. The average molecular weight is 812 g/mol. The lowest BCUT2D eigenvalue weighted by Gasteiger charge is -2.26. The maximum absolute atomic E-state index is 2.37. The lowest BCUT2D eigenvalue weighted by molar-refractivity contribution is 1.28. The third kappa shape index (κ3) is 6.38. The molecule has 0 bridgehead atoms. The molecular weight excluding hydrogens is 775 g/mol. The molecule has 12 aromatic rings. The molecule has 0 spiro atoms. The summed E-state index contributed by atoms with van der Waals surface area (Å²) in [5.41, 5.74) is 13.1. The van der Waals surface area contributed by atoms with Crippen LogP contribution in [0.25, 0.3) is 95.6 Å². The van der Waals surface area contributed by atoms with E-state index in [-0.39, 0.29) is 0 Å². The zero-order valence-electron chi connectivity index (χ0n) is 33.1. The highest BCUT2D eigenvalue weighted by molar-refractivity contribution is 7.26. The highest BCUT2D eigenvalue weighted by Crippen LogP contribution is 2.43. The van der Waals surface area contributed by atoms with Crippen LogP contribution >= 0.6 is 22.7 Å². The summed E-state index contributed by atoms with van der Waals surface area (Å²) in [5.74, 6) is 0. The van der Waals surface area contributed by atoms with E-state index in [1.54, 1.807) is 0 Å². The van der Waals surface area contributed by atoms with Crippen molar-refractivity contribution in [2.24, 2.45) is 0 Å². The smallest absolute Gasteiger partial charge is 0.0462 e. The van der Waals surface area contributed by atoms with Crippen LogP contribution in [0.5, 0.6) is 0 Å². The largest absolute Gasteiger partial charge is 0.311 e. The summed E-state index contributed by atoms with van der Waals surface area (Å²) in [7, 11) is 0. The number of rotatable bonds is 7. The van der Waals surface area contributed by atoms with Crippen molar-refractivity contribution in [3.63, 3.8) is 0 Å². The van der Waals surface area contributed by atoms with Crippen LogP contribution < -0.4 is 4.90 Å². The minimum absolute atomic E-state index is 1.10. The maximum atomic E-state index is 2.37. The standard InChI is InChI=1S/C58H37NS2/c1-2-10-42-36-45(20-19-38(42)9-1)44-12-7-11-43(35-44)39-21-28-47(29-22-39)59(48-30-23-40(24-31-48)46-27-34-53-51-13-3-5-17-55(51)60-57(53)37-46)49-32-25-41(26-33-49)50-15-8-16-54-52-14-4-6-18-56(52)61-58(50)54/h1-37H. The molecule has 3 heteroatoms. The lowest BCUT2D eigenvalue weighted by Crippen LogP contribution is -2.09. The van der Waals surface area contributed by atoms with Gasteiger partial charge in [-0.25, -0.2) is 0 Å². The molecule has 0 saturated heterocycles. The summed E-state index contributed by atoms with van der Waals surface area (Å²) >= 11 is 3.74. The van der Waals surface area contributed by atoms with Crippen molar-refractivity contribution in [1.29, 1.82) is 0 Å². The van der Waals surface area contributed by atoms with E-state index in [1.165, 1.54) is 95.6 Å². The van der Waals surface area contributed by atoms with Gasteiger partial charge in [-0.3, -0.25) is 0 Å². The zero-order chi connectivity index (χ0) is 40.3. The van der Waals surface area contributed by atoms with Crippen LogP contribution in [0.15, 0.2) is 224 Å². The van der Waals surface area contributed by atoms with Crippen molar-refractivity contribution in [2.45, 2.75) is 0 Å². The van der Waals surface area contributed by atoms with E-state index >= 15 is 0 Å². The Morgan fingerprint density at radius 2 is 0.738 bits per heavy atom. The molecule has 0 aliphatic carbocycles. The topological polar surface area (TPSA) is 3.24 Å². The summed E-state index contributed by atoms with van der Waals surface area (Å²) in [5, 5.41) is 7.80. The van der Waals surface area contributed by atoms with E-state index in [2.05, 4.69) is 229 Å². The van der Waals surface area contributed by atoms with Crippen LogP contribution in [0.4, 0.5) is 17.1 Å². The van der Waals surface area contributed by atoms with Crippen molar-refractivity contribution >= 4 is 90.9 Å². The van der Waals surface area contributed by atoms with E-state index in [4.69, 9.17) is 0 Å². The Kier molecular flexibility index (Phi) is 8.62. The number of hydrogen-bond donors (Lipinski definition) is 0. The second kappa shape index (κ2) is 14.8. The molecule has 61 heavy (non-hydrogen) atoms. The SMILES string of the molecule is c1cc(-c2ccc(N(c3ccc(-c4ccc5c(c4)sc4ccccc45)cc3)c3ccc(-c4cccc5c4sc4ccccc45)cc3)cc2)cc(-c2ccc3ccccc3c2)c1. The number of hydrogen-bond acceptors (Lipinski definition) is 3. The van der Waals surface area contributed by atoms with Crippen LogP contribution in [0.2, 0.25) is 0 Å². The number of thiophene rings is 2. The molecule has 0 radical (unpaired) electrons. The van der Waals surface area contributed by atoms with E-state index in [9.17, 15) is 0 Å². The molecule has 0 fully saturated rings. The molecule has 2 aromatic heterocycles. The summed E-state index contributed by atoms with van der Waals surface area (Å²) in [6.45, 7) is 0. The Bertz CT molecular complexity index is 3580. The van der Waals surface area contributed by atoms with Gasteiger partial charge in [0.1, 0.15) is 0 Å². The van der Waals surface area contributed by atoms with Crippen molar-refractivity contribution in [3.8, 4) is 44.5 Å². The van der Waals surface area contributed by atoms with Gasteiger partial charge in [-0.2, -0.15) is 0 Å². The molecule has 12 rings (SSSR count). The molecule has 0 amide bonds. The van der Waals surface area contributed by atoms with E-state index in [0.717, 1.165) is 17.1 Å². The van der Waals surface area contributed by atoms with Gasteiger partial charge in [-0.1, -0.05) is 158 Å². The Labute approximate surface area is 362 Å². The fourth-order valence-corrected chi connectivity index (χ4v) is 11.4. The van der Waals surface area contributed by atoms with Crippen LogP contribution in [-0.4, -0.2) is 0 Å². The normalized spacial score (nSPS) is 11.6. The van der Waals surface area contributed by atoms with Crippen molar-refractivity contribution in [1.82, 2.24) is 0 Å². The Hall–Kier alpha value is -7.30. The van der Waals surface area contributed by atoms with Gasteiger partial charge in [-0.05, 0) is 122 Å². The second-order valence-electron chi connectivity index (χ2n) is 15.7. The Morgan fingerprint density at radius 1 is 0.262 bits per heavy atom. The van der Waals surface area contributed by atoms with Crippen molar-refractivity contribution < 1.29 is 0 Å². The summed E-state index contributed by atoms with van der Waals surface area (Å²) in [4.78, 5) is 2.37. The first-order valence-corrected chi connectivity index (χ1v) is 22.4. The Morgan fingerprint density at radius 3 is 1.44 bits per heavy atom. The van der Waals surface area contributed by atoms with Gasteiger partial charge in [0.25, 0.3) is 0 Å². The van der Waals surface area contributed by atoms with Gasteiger partial charge >= 0.3 is 0 Å². The molecule has 0 aliphatic rings. The molecule has 0 aliphatic heterocycles. The molecule has 0 atom stereocenters. The highest BCUT2D eigenvalue weighted by atomic mass is 32.1. The van der Waals surface area contributed by atoms with Gasteiger partial charge in [0.15, 0.2) is 0 Å². The van der Waals surface area contributed by atoms with Crippen molar-refractivity contribution in [3.05, 3.63) is 224 Å². The van der Waals surface area contributed by atoms with Gasteiger partial charge in [-0.15, -0.1) is 22.7 Å². The third-order valence-electron chi connectivity index (χ3n) is 12.1. The quantitative estimate of drug-likeness (QED) is 0.155. The van der Waals surface area contributed by atoms with Crippen LogP contribution in [0.3, 0.4) is 0 Å². The summed E-state index contributed by atoms with van der Waals surface area (Å²) in [6.07, 6.45) is 0. The first kappa shape index (κ1) is 35.6. The van der Waals surface area contributed by atoms with Crippen LogP contribution in [0, 0.1) is 0 Å². The molecule has 0 saturated carbocycles. The van der Waals surface area contributed by atoms with Gasteiger partial charge in [0.2, 0.25) is 0 Å². The first-order chi connectivity index (χ1) is 30.2. The molecular formula is C58H37NS2. The predicted molar refractivity (Wildman–Crippen MR) is 266 cm³/mol. The molecule has 0 N–H and O–H groups in total. The number of fused-ring (bicyclic) bond motifs is 7. The monoisotopic (exact) mass is 811 g/mol. The van der Waals surface area contributed by atoms with Gasteiger partial charge in [0.05, 0.1) is 0 Å².